The van der Waals surface area contributed by atoms with Gasteiger partial charge in [-0.2, -0.15) is 0 Å². The van der Waals surface area contributed by atoms with Gasteiger partial charge in [0.05, 0.1) is 12.2 Å². The van der Waals surface area contributed by atoms with Gasteiger partial charge in [-0.1, -0.05) is 12.2 Å². The lowest BCUT2D eigenvalue weighted by Gasteiger charge is -2.33. The molecule has 2 N–H and O–H groups in total. The quantitative estimate of drug-likeness (QED) is 0.220. The van der Waals surface area contributed by atoms with Gasteiger partial charge in [-0.15, -0.1) is 24.0 Å². The lowest BCUT2D eigenvalue weighted by Crippen LogP contribution is -2.49. The number of nitrogens with zero attached hydrogens (tertiary/aromatic N) is 4. The van der Waals surface area contributed by atoms with Gasteiger partial charge in [0.25, 0.3) is 0 Å². The Morgan fingerprint density at radius 2 is 1.78 bits per heavy atom. The average Bonchev–Trinajstić information content (AvgIpc) is 3.05. The molecule has 0 amide bonds. The highest BCUT2D eigenvalue weighted by molar-refractivity contribution is 14.0. The fourth-order valence-corrected chi connectivity index (χ4v) is 4.48. The average molecular weight is 559 g/mol. The lowest BCUT2D eigenvalue weighted by atomic mass is 9.97. The fourth-order valence-electron chi connectivity index (χ4n) is 4.48. The zero-order valence-corrected chi connectivity index (χ0v) is 22.8. The van der Waals surface area contributed by atoms with Crippen LogP contribution in [0, 0.1) is 19.8 Å². The third kappa shape index (κ3) is 8.67. The number of oxazole rings is 1. The van der Waals surface area contributed by atoms with Crippen LogP contribution in [-0.4, -0.2) is 72.6 Å². The second-order valence-electron chi connectivity index (χ2n) is 9.34. The van der Waals surface area contributed by atoms with Crippen molar-refractivity contribution in [2.45, 2.75) is 66.0 Å². The number of likely N-dealkylation sites (tertiary alicyclic amines) is 2. The Labute approximate surface area is 211 Å². The third-order valence-electron chi connectivity index (χ3n) is 6.41. The van der Waals surface area contributed by atoms with Gasteiger partial charge in [-0.3, -0.25) is 14.8 Å². The number of hydrogen-bond acceptors (Lipinski definition) is 5. The van der Waals surface area contributed by atoms with Gasteiger partial charge >= 0.3 is 0 Å². The van der Waals surface area contributed by atoms with E-state index in [1.807, 2.05) is 13.8 Å². The van der Waals surface area contributed by atoms with E-state index in [4.69, 9.17) is 9.41 Å². The van der Waals surface area contributed by atoms with Crippen molar-refractivity contribution >= 4 is 29.9 Å². The smallest absolute Gasteiger partial charge is 0.208 e. The van der Waals surface area contributed by atoms with Crippen LogP contribution in [0.1, 0.15) is 56.9 Å². The number of piperidine rings is 2. The molecule has 1 aromatic heterocycles. The van der Waals surface area contributed by atoms with Crippen LogP contribution in [-0.2, 0) is 6.54 Å². The SMILES string of the molecule is C=C(C)CN1CCC(NC(=NCC2CCN(Cc3nc(C)c(C)o3)CC2)NCC)CC1.I. The molecule has 0 bridgehead atoms. The summed E-state index contributed by atoms with van der Waals surface area (Å²) in [7, 11) is 0. The molecule has 3 rings (SSSR count). The summed E-state index contributed by atoms with van der Waals surface area (Å²) in [5.41, 5.74) is 2.25. The molecule has 2 fully saturated rings. The molecular weight excluding hydrogens is 515 g/mol. The summed E-state index contributed by atoms with van der Waals surface area (Å²) in [6.07, 6.45) is 4.69. The minimum atomic E-state index is 0. The number of halogens is 1. The van der Waals surface area contributed by atoms with E-state index >= 15 is 0 Å². The Hall–Kier alpha value is -1.13. The highest BCUT2D eigenvalue weighted by Gasteiger charge is 2.22. The van der Waals surface area contributed by atoms with Gasteiger partial charge in [0.2, 0.25) is 5.89 Å². The maximum atomic E-state index is 5.75. The third-order valence-corrected chi connectivity index (χ3v) is 6.41. The molecule has 0 saturated carbocycles. The summed E-state index contributed by atoms with van der Waals surface area (Å²) in [6.45, 7) is 20.4. The number of guanidine groups is 1. The Bertz CT molecular complexity index is 713. The second-order valence-corrected chi connectivity index (χ2v) is 9.34. The molecule has 0 unspecified atom stereocenters. The van der Waals surface area contributed by atoms with Crippen LogP contribution in [0.3, 0.4) is 0 Å². The van der Waals surface area contributed by atoms with E-state index in [0.717, 1.165) is 88.5 Å². The van der Waals surface area contributed by atoms with Gasteiger partial charge in [-0.25, -0.2) is 4.98 Å². The summed E-state index contributed by atoms with van der Waals surface area (Å²) in [5.74, 6) is 3.41. The zero-order valence-electron chi connectivity index (χ0n) is 20.5. The molecule has 0 aliphatic carbocycles. The predicted octanol–water partition coefficient (Wildman–Crippen LogP) is 3.72. The second kappa shape index (κ2) is 13.5. The van der Waals surface area contributed by atoms with E-state index in [0.29, 0.717) is 12.0 Å². The molecule has 0 spiro atoms. The fraction of sp³-hybridized carbons (Fsp3) is 0.750. The maximum Gasteiger partial charge on any atom is 0.208 e. The minimum absolute atomic E-state index is 0. The minimum Gasteiger partial charge on any atom is -0.444 e. The van der Waals surface area contributed by atoms with Gasteiger partial charge < -0.3 is 15.1 Å². The molecule has 0 atom stereocenters. The molecule has 1 aromatic rings. The van der Waals surface area contributed by atoms with E-state index in [1.165, 1.54) is 18.4 Å². The highest BCUT2D eigenvalue weighted by atomic mass is 127. The van der Waals surface area contributed by atoms with E-state index in [-0.39, 0.29) is 24.0 Å². The van der Waals surface area contributed by atoms with Crippen molar-refractivity contribution in [1.82, 2.24) is 25.4 Å². The molecule has 8 heteroatoms. The van der Waals surface area contributed by atoms with Crippen LogP contribution in [0.5, 0.6) is 0 Å². The number of hydrogen-bond donors (Lipinski definition) is 2. The summed E-state index contributed by atoms with van der Waals surface area (Å²) < 4.78 is 5.75. The van der Waals surface area contributed by atoms with Crippen molar-refractivity contribution in [3.63, 3.8) is 0 Å². The predicted molar refractivity (Wildman–Crippen MR) is 143 cm³/mol. The van der Waals surface area contributed by atoms with Gasteiger partial charge in [0, 0.05) is 38.8 Å². The van der Waals surface area contributed by atoms with E-state index in [1.54, 1.807) is 0 Å². The molecule has 7 nitrogen and oxygen atoms in total. The molecule has 3 heterocycles. The monoisotopic (exact) mass is 558 g/mol. The number of aromatic nitrogens is 1. The topological polar surface area (TPSA) is 68.9 Å². The maximum absolute atomic E-state index is 5.75. The van der Waals surface area contributed by atoms with Crippen molar-refractivity contribution < 1.29 is 4.42 Å². The van der Waals surface area contributed by atoms with Crippen LogP contribution in [0.4, 0.5) is 0 Å². The summed E-state index contributed by atoms with van der Waals surface area (Å²) in [5, 5.41) is 7.12. The van der Waals surface area contributed by atoms with Gasteiger partial charge in [0.1, 0.15) is 5.76 Å². The Balaban J connectivity index is 0.00000363. The summed E-state index contributed by atoms with van der Waals surface area (Å²) >= 11 is 0. The number of aryl methyl sites for hydroxylation is 2. The zero-order chi connectivity index (χ0) is 22.2. The standard InChI is InChI=1S/C24H42N6O.HI/c1-6-25-24(28-22-9-13-29(14-10-22)16-18(2)3)26-15-21-7-11-30(12-8-21)17-23-27-19(4)20(5)31-23;/h21-22H,2,6-17H2,1,3-5H3,(H2,25,26,28);1H. The van der Waals surface area contributed by atoms with Crippen molar-refractivity contribution in [1.29, 1.82) is 0 Å². The van der Waals surface area contributed by atoms with Crippen molar-refractivity contribution in [3.05, 3.63) is 29.5 Å². The van der Waals surface area contributed by atoms with Crippen LogP contribution < -0.4 is 10.6 Å². The number of aliphatic imine (C=N–C) groups is 1. The number of rotatable bonds is 8. The molecule has 2 aliphatic rings. The van der Waals surface area contributed by atoms with Crippen LogP contribution >= 0.6 is 24.0 Å². The molecule has 2 saturated heterocycles. The Morgan fingerprint density at radius 3 is 2.34 bits per heavy atom. The first-order chi connectivity index (χ1) is 14.9. The Kier molecular flexibility index (Phi) is 11.5. The molecule has 182 valence electrons. The molecule has 2 aliphatic heterocycles. The van der Waals surface area contributed by atoms with Gasteiger partial charge in [-0.05, 0) is 72.4 Å². The van der Waals surface area contributed by atoms with E-state index < -0.39 is 0 Å². The first-order valence-corrected chi connectivity index (χ1v) is 12.0. The van der Waals surface area contributed by atoms with Crippen molar-refractivity contribution in [2.24, 2.45) is 10.9 Å². The molecular formula is C24H43IN6O. The van der Waals surface area contributed by atoms with Crippen LogP contribution in [0.2, 0.25) is 0 Å². The van der Waals surface area contributed by atoms with Crippen LogP contribution in [0.25, 0.3) is 0 Å². The lowest BCUT2D eigenvalue weighted by molar-refractivity contribution is 0.166. The molecule has 0 aromatic carbocycles. The molecule has 0 radical (unpaired) electrons. The van der Waals surface area contributed by atoms with Gasteiger partial charge in [0.15, 0.2) is 5.96 Å². The summed E-state index contributed by atoms with van der Waals surface area (Å²) in [4.78, 5) is 14.4. The van der Waals surface area contributed by atoms with Crippen molar-refractivity contribution in [3.8, 4) is 0 Å². The largest absolute Gasteiger partial charge is 0.444 e. The molecule has 32 heavy (non-hydrogen) atoms. The van der Waals surface area contributed by atoms with E-state index in [9.17, 15) is 0 Å². The normalized spacial score (nSPS) is 19.6. The van der Waals surface area contributed by atoms with Crippen molar-refractivity contribution in [2.75, 3.05) is 45.8 Å². The summed E-state index contributed by atoms with van der Waals surface area (Å²) in [6, 6.07) is 0.508. The number of nitrogens with one attached hydrogen (secondary N) is 2. The highest BCUT2D eigenvalue weighted by Crippen LogP contribution is 2.20. The Morgan fingerprint density at radius 1 is 1.12 bits per heavy atom. The van der Waals surface area contributed by atoms with E-state index in [2.05, 4.69) is 45.8 Å². The van der Waals surface area contributed by atoms with Crippen LogP contribution in [0.15, 0.2) is 21.6 Å². The first kappa shape index (κ1) is 27.1. The first-order valence-electron chi connectivity index (χ1n) is 12.0.